The fraction of sp³-hybridized carbons (Fsp3) is 0.400. The van der Waals surface area contributed by atoms with Gasteiger partial charge in [-0.3, -0.25) is 9.59 Å². The Morgan fingerprint density at radius 2 is 2.04 bits per heavy atom. The van der Waals surface area contributed by atoms with Gasteiger partial charge in [-0.2, -0.15) is 0 Å². The average Bonchev–Trinajstić information content (AvgIpc) is 3.38. The number of amides is 2. The number of hydrogen-bond donors (Lipinski definition) is 1. The molecule has 1 N–H and O–H groups in total. The zero-order valence-electron chi connectivity index (χ0n) is 15.0. The molecule has 1 aliphatic rings. The van der Waals surface area contributed by atoms with Crippen molar-refractivity contribution in [3.63, 3.8) is 0 Å². The van der Waals surface area contributed by atoms with Gasteiger partial charge >= 0.3 is 0 Å². The van der Waals surface area contributed by atoms with Gasteiger partial charge in [-0.25, -0.2) is 4.39 Å². The third kappa shape index (κ3) is 5.65. The van der Waals surface area contributed by atoms with E-state index >= 15 is 0 Å². The summed E-state index contributed by atoms with van der Waals surface area (Å²) in [5.74, 6) is -0.658. The summed E-state index contributed by atoms with van der Waals surface area (Å²) in [5, 5.41) is 2.79. The van der Waals surface area contributed by atoms with Gasteiger partial charge in [0.1, 0.15) is 12.1 Å². The fourth-order valence-corrected chi connectivity index (χ4v) is 3.01. The van der Waals surface area contributed by atoms with Crippen molar-refractivity contribution in [3.05, 3.63) is 59.8 Å². The molecule has 1 unspecified atom stereocenters. The van der Waals surface area contributed by atoms with Crippen LogP contribution in [0.15, 0.2) is 47.3 Å². The molecule has 1 aromatic heterocycles. The highest BCUT2D eigenvalue weighted by Crippen LogP contribution is 2.15. The van der Waals surface area contributed by atoms with Crippen molar-refractivity contribution in [1.29, 1.82) is 0 Å². The second-order valence-corrected chi connectivity index (χ2v) is 6.55. The third-order valence-corrected chi connectivity index (χ3v) is 4.52. The van der Waals surface area contributed by atoms with Gasteiger partial charge in [-0.1, -0.05) is 12.1 Å². The summed E-state index contributed by atoms with van der Waals surface area (Å²) in [6, 6.07) is 7.58. The van der Waals surface area contributed by atoms with Crippen molar-refractivity contribution in [3.8, 4) is 0 Å². The second-order valence-electron chi connectivity index (χ2n) is 6.55. The SMILES string of the molecule is O=C(CCN(CC1CCCO1)C(=O)c1ccoc1)NCc1ccc(F)cc1. The Kier molecular flexibility index (Phi) is 6.59. The maximum absolute atomic E-state index is 12.9. The van der Waals surface area contributed by atoms with Crippen LogP contribution in [0.3, 0.4) is 0 Å². The molecule has 1 fully saturated rings. The van der Waals surface area contributed by atoms with Crippen LogP contribution in [0.4, 0.5) is 4.39 Å². The molecule has 6 nitrogen and oxygen atoms in total. The van der Waals surface area contributed by atoms with E-state index < -0.39 is 0 Å². The van der Waals surface area contributed by atoms with E-state index in [4.69, 9.17) is 9.15 Å². The molecule has 2 amide bonds. The van der Waals surface area contributed by atoms with Crippen molar-refractivity contribution < 1.29 is 23.1 Å². The van der Waals surface area contributed by atoms with Crippen LogP contribution in [-0.4, -0.2) is 42.5 Å². The number of nitrogens with zero attached hydrogens (tertiary/aromatic N) is 1. The zero-order valence-corrected chi connectivity index (χ0v) is 15.0. The summed E-state index contributed by atoms with van der Waals surface area (Å²) in [4.78, 5) is 26.5. The minimum atomic E-state index is -0.312. The molecule has 3 rings (SSSR count). The molecule has 144 valence electrons. The monoisotopic (exact) mass is 374 g/mol. The highest BCUT2D eigenvalue weighted by molar-refractivity contribution is 5.94. The minimum Gasteiger partial charge on any atom is -0.472 e. The second kappa shape index (κ2) is 9.32. The zero-order chi connectivity index (χ0) is 19.1. The van der Waals surface area contributed by atoms with Gasteiger partial charge in [0, 0.05) is 32.7 Å². The Labute approximate surface area is 157 Å². The van der Waals surface area contributed by atoms with Gasteiger partial charge in [0.05, 0.1) is 17.9 Å². The highest BCUT2D eigenvalue weighted by atomic mass is 19.1. The molecule has 0 saturated carbocycles. The van der Waals surface area contributed by atoms with Crippen LogP contribution in [0.1, 0.15) is 35.2 Å². The summed E-state index contributed by atoms with van der Waals surface area (Å²) in [6.07, 6.45) is 4.93. The number of furan rings is 1. The maximum atomic E-state index is 12.9. The third-order valence-electron chi connectivity index (χ3n) is 4.52. The predicted octanol–water partition coefficient (Wildman–Crippen LogP) is 2.75. The van der Waals surface area contributed by atoms with E-state index in [1.807, 2.05) is 0 Å². The van der Waals surface area contributed by atoms with Crippen molar-refractivity contribution >= 4 is 11.8 Å². The molecule has 1 atom stereocenters. The van der Waals surface area contributed by atoms with Crippen molar-refractivity contribution in [1.82, 2.24) is 10.2 Å². The lowest BCUT2D eigenvalue weighted by atomic mass is 10.2. The summed E-state index contributed by atoms with van der Waals surface area (Å²) < 4.78 is 23.5. The lowest BCUT2D eigenvalue weighted by molar-refractivity contribution is -0.121. The number of rotatable bonds is 8. The molecule has 1 aromatic carbocycles. The molecule has 0 radical (unpaired) electrons. The lowest BCUT2D eigenvalue weighted by Crippen LogP contribution is -2.39. The molecule has 0 spiro atoms. The van der Waals surface area contributed by atoms with Crippen LogP contribution in [0.2, 0.25) is 0 Å². The number of carbonyl (C=O) groups excluding carboxylic acids is 2. The number of hydrogen-bond acceptors (Lipinski definition) is 4. The Hall–Kier alpha value is -2.67. The predicted molar refractivity (Wildman–Crippen MR) is 96.4 cm³/mol. The van der Waals surface area contributed by atoms with Crippen LogP contribution < -0.4 is 5.32 Å². The number of nitrogens with one attached hydrogen (secondary N) is 1. The summed E-state index contributed by atoms with van der Waals surface area (Å²) in [7, 11) is 0. The van der Waals surface area contributed by atoms with E-state index in [0.29, 0.717) is 31.8 Å². The molecule has 0 bridgehead atoms. The first-order valence-electron chi connectivity index (χ1n) is 9.06. The summed E-state index contributed by atoms with van der Waals surface area (Å²) in [5.41, 5.74) is 1.27. The first-order chi connectivity index (χ1) is 13.1. The fourth-order valence-electron chi connectivity index (χ4n) is 3.01. The van der Waals surface area contributed by atoms with Crippen LogP contribution in [0.5, 0.6) is 0 Å². The van der Waals surface area contributed by atoms with Gasteiger partial charge in [0.25, 0.3) is 5.91 Å². The van der Waals surface area contributed by atoms with Crippen molar-refractivity contribution in [2.75, 3.05) is 19.7 Å². The topological polar surface area (TPSA) is 71.8 Å². The Morgan fingerprint density at radius 3 is 2.70 bits per heavy atom. The molecule has 1 aliphatic heterocycles. The molecular weight excluding hydrogens is 351 g/mol. The largest absolute Gasteiger partial charge is 0.472 e. The normalized spacial score (nSPS) is 16.3. The van der Waals surface area contributed by atoms with E-state index in [-0.39, 0.29) is 30.2 Å². The van der Waals surface area contributed by atoms with E-state index in [1.165, 1.54) is 24.7 Å². The molecule has 2 heterocycles. The van der Waals surface area contributed by atoms with Crippen molar-refractivity contribution in [2.24, 2.45) is 0 Å². The summed E-state index contributed by atoms with van der Waals surface area (Å²) in [6.45, 7) is 1.77. The average molecular weight is 374 g/mol. The van der Waals surface area contributed by atoms with Crippen LogP contribution in [-0.2, 0) is 16.1 Å². The van der Waals surface area contributed by atoms with Crippen molar-refractivity contribution in [2.45, 2.75) is 31.9 Å². The van der Waals surface area contributed by atoms with E-state index in [0.717, 1.165) is 18.4 Å². The Bertz CT molecular complexity index is 740. The van der Waals surface area contributed by atoms with E-state index in [1.54, 1.807) is 23.1 Å². The van der Waals surface area contributed by atoms with Gasteiger partial charge in [0.15, 0.2) is 0 Å². The van der Waals surface area contributed by atoms with Gasteiger partial charge in [-0.05, 0) is 36.6 Å². The standard InChI is InChI=1S/C20H23FN2O4/c21-17-5-3-15(4-6-17)12-22-19(24)7-9-23(13-18-2-1-10-27-18)20(25)16-8-11-26-14-16/h3-6,8,11,14,18H,1-2,7,9-10,12-13H2,(H,22,24). The number of benzene rings is 1. The van der Waals surface area contributed by atoms with Crippen LogP contribution in [0.25, 0.3) is 0 Å². The number of ether oxygens (including phenoxy) is 1. The number of halogens is 1. The molecule has 1 saturated heterocycles. The van der Waals surface area contributed by atoms with Crippen LogP contribution >= 0.6 is 0 Å². The van der Waals surface area contributed by atoms with Gasteiger partial charge in [0.2, 0.25) is 5.91 Å². The summed E-state index contributed by atoms with van der Waals surface area (Å²) >= 11 is 0. The molecule has 7 heteroatoms. The first kappa shape index (κ1) is 19.1. The highest BCUT2D eigenvalue weighted by Gasteiger charge is 2.24. The molecule has 0 aliphatic carbocycles. The molecule has 2 aromatic rings. The first-order valence-corrected chi connectivity index (χ1v) is 9.06. The maximum Gasteiger partial charge on any atom is 0.257 e. The molecular formula is C20H23FN2O4. The lowest BCUT2D eigenvalue weighted by Gasteiger charge is -2.25. The smallest absolute Gasteiger partial charge is 0.257 e. The Balaban J connectivity index is 1.52. The quantitative estimate of drug-likeness (QED) is 0.771. The van der Waals surface area contributed by atoms with Crippen LogP contribution in [0, 0.1) is 5.82 Å². The molecule has 27 heavy (non-hydrogen) atoms. The van der Waals surface area contributed by atoms with E-state index in [9.17, 15) is 14.0 Å². The minimum absolute atomic E-state index is 0.00290. The van der Waals surface area contributed by atoms with Gasteiger partial charge in [-0.15, -0.1) is 0 Å². The van der Waals surface area contributed by atoms with Gasteiger partial charge < -0.3 is 19.4 Å². The Morgan fingerprint density at radius 1 is 1.22 bits per heavy atom. The number of carbonyl (C=O) groups is 2. The van der Waals surface area contributed by atoms with E-state index in [2.05, 4.69) is 5.32 Å².